The number of rotatable bonds is 4. The van der Waals surface area contributed by atoms with Gasteiger partial charge in [-0.1, -0.05) is 18.2 Å². The summed E-state index contributed by atoms with van der Waals surface area (Å²) in [5.41, 5.74) is 3.01. The summed E-state index contributed by atoms with van der Waals surface area (Å²) < 4.78 is 5.95. The molecule has 1 saturated heterocycles. The number of likely N-dealkylation sites (tertiary alicyclic amines) is 1. The van der Waals surface area contributed by atoms with Crippen molar-refractivity contribution >= 4 is 16.9 Å². The van der Waals surface area contributed by atoms with Gasteiger partial charge < -0.3 is 9.64 Å². The maximum Gasteiger partial charge on any atom is 0.274 e. The lowest BCUT2D eigenvalue weighted by Crippen LogP contribution is -2.41. The lowest BCUT2D eigenvalue weighted by molar-refractivity contribution is -0.000597. The van der Waals surface area contributed by atoms with E-state index in [1.54, 1.807) is 12.4 Å². The minimum absolute atomic E-state index is 0.0611. The Labute approximate surface area is 151 Å². The van der Waals surface area contributed by atoms with Gasteiger partial charge in [-0.3, -0.25) is 14.8 Å². The molecular formula is C20H20N4O2. The molecule has 1 aromatic carbocycles. The minimum Gasteiger partial charge on any atom is -0.373 e. The van der Waals surface area contributed by atoms with E-state index in [2.05, 4.69) is 15.0 Å². The highest BCUT2D eigenvalue weighted by Crippen LogP contribution is 2.18. The summed E-state index contributed by atoms with van der Waals surface area (Å²) in [6.07, 6.45) is 6.96. The molecule has 6 heteroatoms. The fraction of sp³-hybridized carbons (Fsp3) is 0.300. The molecule has 132 valence electrons. The van der Waals surface area contributed by atoms with Gasteiger partial charge >= 0.3 is 0 Å². The van der Waals surface area contributed by atoms with E-state index in [1.807, 2.05) is 47.5 Å². The highest BCUT2D eigenvalue weighted by atomic mass is 16.5. The quantitative estimate of drug-likeness (QED) is 0.725. The number of ether oxygens (including phenoxy) is 1. The fourth-order valence-corrected chi connectivity index (χ4v) is 3.15. The molecule has 3 aromatic rings. The second-order valence-corrected chi connectivity index (χ2v) is 6.41. The zero-order valence-corrected chi connectivity index (χ0v) is 14.4. The van der Waals surface area contributed by atoms with Gasteiger partial charge in [-0.2, -0.15) is 0 Å². The number of hydrogen-bond donors (Lipinski definition) is 0. The van der Waals surface area contributed by atoms with Crippen molar-refractivity contribution in [3.05, 3.63) is 66.2 Å². The van der Waals surface area contributed by atoms with Crippen molar-refractivity contribution < 1.29 is 9.53 Å². The largest absolute Gasteiger partial charge is 0.373 e. The van der Waals surface area contributed by atoms with Crippen molar-refractivity contribution in [3.63, 3.8) is 0 Å². The molecule has 0 N–H and O–H groups in total. The second-order valence-electron chi connectivity index (χ2n) is 6.41. The summed E-state index contributed by atoms with van der Waals surface area (Å²) in [6.45, 7) is 1.90. The van der Waals surface area contributed by atoms with Crippen molar-refractivity contribution in [2.24, 2.45) is 0 Å². The van der Waals surface area contributed by atoms with Crippen molar-refractivity contribution in [3.8, 4) is 0 Å². The molecule has 1 aliphatic heterocycles. The van der Waals surface area contributed by atoms with Crippen LogP contribution in [0, 0.1) is 0 Å². The van der Waals surface area contributed by atoms with E-state index in [9.17, 15) is 4.79 Å². The van der Waals surface area contributed by atoms with Crippen LogP contribution < -0.4 is 0 Å². The number of aromatic nitrogens is 3. The van der Waals surface area contributed by atoms with E-state index >= 15 is 0 Å². The zero-order chi connectivity index (χ0) is 17.8. The molecule has 1 aliphatic rings. The Morgan fingerprint density at radius 1 is 1.08 bits per heavy atom. The Bertz CT molecular complexity index is 892. The molecule has 1 amide bonds. The number of nitrogens with zero attached hydrogens (tertiary/aromatic N) is 4. The third-order valence-corrected chi connectivity index (χ3v) is 4.61. The number of hydrogen-bond acceptors (Lipinski definition) is 5. The highest BCUT2D eigenvalue weighted by Gasteiger charge is 2.25. The van der Waals surface area contributed by atoms with Gasteiger partial charge in [0.1, 0.15) is 5.69 Å². The molecule has 4 rings (SSSR count). The monoisotopic (exact) mass is 348 g/mol. The number of fused-ring (bicyclic) bond motifs is 1. The molecule has 6 nitrogen and oxygen atoms in total. The maximum atomic E-state index is 12.7. The smallest absolute Gasteiger partial charge is 0.274 e. The molecule has 2 aromatic heterocycles. The van der Waals surface area contributed by atoms with Crippen LogP contribution in [0.25, 0.3) is 11.0 Å². The van der Waals surface area contributed by atoms with Crippen LogP contribution in [0.4, 0.5) is 0 Å². The van der Waals surface area contributed by atoms with Crippen LogP contribution in [-0.2, 0) is 11.3 Å². The summed E-state index contributed by atoms with van der Waals surface area (Å²) in [4.78, 5) is 27.4. The van der Waals surface area contributed by atoms with E-state index in [0.717, 1.165) is 29.4 Å². The number of pyridine rings is 1. The topological polar surface area (TPSA) is 68.2 Å². The summed E-state index contributed by atoms with van der Waals surface area (Å²) >= 11 is 0. The van der Waals surface area contributed by atoms with Crippen LogP contribution in [-0.4, -0.2) is 45.0 Å². The maximum absolute atomic E-state index is 12.7. The highest BCUT2D eigenvalue weighted by molar-refractivity contribution is 5.93. The number of carbonyl (C=O) groups is 1. The number of piperidine rings is 1. The molecule has 0 bridgehead atoms. The Kier molecular flexibility index (Phi) is 4.84. The molecule has 0 saturated carbocycles. The summed E-state index contributed by atoms with van der Waals surface area (Å²) in [6, 6.07) is 11.5. The molecule has 0 radical (unpaired) electrons. The molecule has 3 heterocycles. The average Bonchev–Trinajstić information content (AvgIpc) is 2.72. The number of benzene rings is 1. The van der Waals surface area contributed by atoms with Gasteiger partial charge in [0.2, 0.25) is 0 Å². The average molecular weight is 348 g/mol. The van der Waals surface area contributed by atoms with Crippen LogP contribution >= 0.6 is 0 Å². The van der Waals surface area contributed by atoms with Gasteiger partial charge in [-0.15, -0.1) is 0 Å². The molecule has 0 aliphatic carbocycles. The second kappa shape index (κ2) is 7.58. The summed E-state index contributed by atoms with van der Waals surface area (Å²) in [5, 5.41) is 0. The normalized spacial score (nSPS) is 15.3. The van der Waals surface area contributed by atoms with Crippen molar-refractivity contribution in [2.75, 3.05) is 13.1 Å². The number of amides is 1. The van der Waals surface area contributed by atoms with Gasteiger partial charge in [0.05, 0.1) is 29.9 Å². The van der Waals surface area contributed by atoms with E-state index in [0.29, 0.717) is 25.4 Å². The zero-order valence-electron chi connectivity index (χ0n) is 14.4. The van der Waals surface area contributed by atoms with E-state index in [4.69, 9.17) is 4.74 Å². The van der Waals surface area contributed by atoms with Gasteiger partial charge in [-0.05, 0) is 36.6 Å². The Balaban J connectivity index is 1.34. The first-order valence-electron chi connectivity index (χ1n) is 8.81. The van der Waals surface area contributed by atoms with Gasteiger partial charge in [0.25, 0.3) is 5.91 Å². The predicted molar refractivity (Wildman–Crippen MR) is 97.5 cm³/mol. The minimum atomic E-state index is -0.0611. The first-order chi connectivity index (χ1) is 12.8. The number of para-hydroxylation sites is 2. The first-order valence-corrected chi connectivity index (χ1v) is 8.81. The molecule has 26 heavy (non-hydrogen) atoms. The predicted octanol–water partition coefficient (Wildman–Crippen LogP) is 2.85. The first kappa shape index (κ1) is 16.6. The number of carbonyl (C=O) groups excluding carboxylic acids is 1. The fourth-order valence-electron chi connectivity index (χ4n) is 3.15. The standard InChI is InChI=1S/C20H20N4O2/c25-20(19-13-22-17-5-1-2-6-18(17)23-19)24-10-7-16(8-11-24)26-14-15-4-3-9-21-12-15/h1-6,9,12-13,16H,7-8,10-11,14H2. The summed E-state index contributed by atoms with van der Waals surface area (Å²) in [5.74, 6) is -0.0611. The van der Waals surface area contributed by atoms with Crippen LogP contribution in [0.3, 0.4) is 0 Å². The van der Waals surface area contributed by atoms with E-state index in [-0.39, 0.29) is 12.0 Å². The molecule has 1 fully saturated rings. The van der Waals surface area contributed by atoms with E-state index < -0.39 is 0 Å². The van der Waals surface area contributed by atoms with Crippen LogP contribution in [0.15, 0.2) is 55.0 Å². The van der Waals surface area contributed by atoms with Crippen LogP contribution in [0.1, 0.15) is 28.9 Å². The Morgan fingerprint density at radius 3 is 2.65 bits per heavy atom. The third-order valence-electron chi connectivity index (χ3n) is 4.61. The summed E-state index contributed by atoms with van der Waals surface area (Å²) in [7, 11) is 0. The van der Waals surface area contributed by atoms with Gasteiger partial charge in [0.15, 0.2) is 0 Å². The SMILES string of the molecule is O=C(c1cnc2ccccc2n1)N1CCC(OCc2cccnc2)CC1. The van der Waals surface area contributed by atoms with E-state index in [1.165, 1.54) is 0 Å². The lowest BCUT2D eigenvalue weighted by atomic mass is 10.1. The molecule has 0 atom stereocenters. The third kappa shape index (κ3) is 3.70. The molecule has 0 spiro atoms. The Hall–Kier alpha value is -2.86. The van der Waals surface area contributed by atoms with Crippen LogP contribution in [0.5, 0.6) is 0 Å². The Morgan fingerprint density at radius 2 is 1.88 bits per heavy atom. The van der Waals surface area contributed by atoms with Crippen molar-refractivity contribution in [1.82, 2.24) is 19.9 Å². The lowest BCUT2D eigenvalue weighted by Gasteiger charge is -2.31. The molecular weight excluding hydrogens is 328 g/mol. The van der Waals surface area contributed by atoms with Gasteiger partial charge in [-0.25, -0.2) is 4.98 Å². The molecule has 0 unspecified atom stereocenters. The van der Waals surface area contributed by atoms with Crippen LogP contribution in [0.2, 0.25) is 0 Å². The van der Waals surface area contributed by atoms with Gasteiger partial charge in [0, 0.05) is 25.5 Å². The van der Waals surface area contributed by atoms with Crippen molar-refractivity contribution in [1.29, 1.82) is 0 Å². The van der Waals surface area contributed by atoms with Crippen molar-refractivity contribution in [2.45, 2.75) is 25.6 Å².